The fourth-order valence-corrected chi connectivity index (χ4v) is 4.05. The molecule has 2 aliphatic rings. The number of carboxylic acid groups (broad SMARTS) is 1. The Morgan fingerprint density at radius 3 is 2.35 bits per heavy atom. The lowest BCUT2D eigenvalue weighted by molar-refractivity contribution is -0.134. The SMILES string of the molecule is O=C(O)c1ccccc1C1CCN(C(=O)C2COc3ccccc32)CC1. The molecule has 2 aliphatic heterocycles. The van der Waals surface area contributed by atoms with Crippen molar-refractivity contribution >= 4 is 11.9 Å². The number of carboxylic acids is 1. The van der Waals surface area contributed by atoms with E-state index in [9.17, 15) is 14.7 Å². The first-order chi connectivity index (χ1) is 12.6. The Morgan fingerprint density at radius 1 is 0.962 bits per heavy atom. The summed E-state index contributed by atoms with van der Waals surface area (Å²) in [5, 5.41) is 9.39. The molecule has 2 heterocycles. The second-order valence-electron chi connectivity index (χ2n) is 6.89. The lowest BCUT2D eigenvalue weighted by Gasteiger charge is -2.34. The normalized spacial score (nSPS) is 19.7. The van der Waals surface area contributed by atoms with Crippen LogP contribution in [-0.2, 0) is 4.79 Å². The number of ether oxygens (including phenoxy) is 1. The number of amides is 1. The third-order valence-electron chi connectivity index (χ3n) is 5.44. The van der Waals surface area contributed by atoms with Crippen molar-refractivity contribution in [3.8, 4) is 5.75 Å². The van der Waals surface area contributed by atoms with Crippen molar-refractivity contribution in [2.24, 2.45) is 0 Å². The summed E-state index contributed by atoms with van der Waals surface area (Å²) in [7, 11) is 0. The van der Waals surface area contributed by atoms with Crippen LogP contribution < -0.4 is 4.74 Å². The van der Waals surface area contributed by atoms with Crippen LogP contribution in [0.5, 0.6) is 5.75 Å². The zero-order chi connectivity index (χ0) is 18.1. The molecular formula is C21H21NO4. The molecule has 0 aromatic heterocycles. The molecule has 0 spiro atoms. The quantitative estimate of drug-likeness (QED) is 0.922. The van der Waals surface area contributed by atoms with Crippen LogP contribution in [0, 0.1) is 0 Å². The van der Waals surface area contributed by atoms with E-state index in [-0.39, 0.29) is 17.7 Å². The molecule has 0 saturated carbocycles. The first-order valence-corrected chi connectivity index (χ1v) is 8.98. The number of hydrogen-bond acceptors (Lipinski definition) is 3. The van der Waals surface area contributed by atoms with Crippen molar-refractivity contribution in [3.05, 3.63) is 65.2 Å². The van der Waals surface area contributed by atoms with Gasteiger partial charge < -0.3 is 14.7 Å². The molecular weight excluding hydrogens is 330 g/mol. The molecule has 1 saturated heterocycles. The van der Waals surface area contributed by atoms with E-state index in [1.165, 1.54) is 0 Å². The maximum absolute atomic E-state index is 12.9. The number of aromatic carboxylic acids is 1. The molecule has 1 N–H and O–H groups in total. The molecule has 1 amide bonds. The Labute approximate surface area is 152 Å². The van der Waals surface area contributed by atoms with Gasteiger partial charge in [-0.2, -0.15) is 0 Å². The van der Waals surface area contributed by atoms with Gasteiger partial charge in [0.2, 0.25) is 5.91 Å². The van der Waals surface area contributed by atoms with Crippen LogP contribution in [0.25, 0.3) is 0 Å². The molecule has 0 radical (unpaired) electrons. The summed E-state index contributed by atoms with van der Waals surface area (Å²) in [6.07, 6.45) is 1.57. The summed E-state index contributed by atoms with van der Waals surface area (Å²) in [5.41, 5.74) is 2.22. The molecule has 1 unspecified atom stereocenters. The highest BCUT2D eigenvalue weighted by molar-refractivity contribution is 5.89. The van der Waals surface area contributed by atoms with Crippen molar-refractivity contribution in [3.63, 3.8) is 0 Å². The van der Waals surface area contributed by atoms with Crippen molar-refractivity contribution in [2.75, 3.05) is 19.7 Å². The maximum atomic E-state index is 12.9. The predicted octanol–water partition coefficient (Wildman–Crippen LogP) is 3.27. The number of benzene rings is 2. The Morgan fingerprint density at radius 2 is 1.62 bits per heavy atom. The molecule has 2 aromatic carbocycles. The van der Waals surface area contributed by atoms with Gasteiger partial charge in [0.1, 0.15) is 18.3 Å². The Kier molecular flexibility index (Phi) is 4.37. The second-order valence-corrected chi connectivity index (χ2v) is 6.89. The number of carbonyl (C=O) groups is 2. The monoisotopic (exact) mass is 351 g/mol. The van der Waals surface area contributed by atoms with E-state index in [2.05, 4.69) is 0 Å². The summed E-state index contributed by atoms with van der Waals surface area (Å²) in [6.45, 7) is 1.70. The van der Waals surface area contributed by atoms with Gasteiger partial charge in [0.05, 0.1) is 5.56 Å². The van der Waals surface area contributed by atoms with Crippen LogP contribution in [0.2, 0.25) is 0 Å². The fourth-order valence-electron chi connectivity index (χ4n) is 4.05. The number of piperidine rings is 1. The van der Waals surface area contributed by atoms with Crippen molar-refractivity contribution in [1.29, 1.82) is 0 Å². The lowest BCUT2D eigenvalue weighted by atomic mass is 9.86. The average molecular weight is 351 g/mol. The van der Waals surface area contributed by atoms with Gasteiger partial charge in [0, 0.05) is 18.7 Å². The topological polar surface area (TPSA) is 66.8 Å². The van der Waals surface area contributed by atoms with Crippen LogP contribution in [0.4, 0.5) is 0 Å². The molecule has 0 aliphatic carbocycles. The van der Waals surface area contributed by atoms with E-state index in [0.29, 0.717) is 25.3 Å². The molecule has 5 nitrogen and oxygen atoms in total. The number of para-hydroxylation sites is 1. The number of rotatable bonds is 3. The first-order valence-electron chi connectivity index (χ1n) is 8.98. The number of likely N-dealkylation sites (tertiary alicyclic amines) is 1. The van der Waals surface area contributed by atoms with Crippen LogP contribution in [0.15, 0.2) is 48.5 Å². The van der Waals surface area contributed by atoms with Crippen molar-refractivity contribution in [2.45, 2.75) is 24.7 Å². The average Bonchev–Trinajstić information content (AvgIpc) is 3.11. The molecule has 0 bridgehead atoms. The summed E-state index contributed by atoms with van der Waals surface area (Å²) in [5.74, 6) is -0.0256. The van der Waals surface area contributed by atoms with Crippen LogP contribution in [-0.4, -0.2) is 41.6 Å². The zero-order valence-corrected chi connectivity index (χ0v) is 14.4. The Balaban J connectivity index is 1.45. The molecule has 1 fully saturated rings. The van der Waals surface area contributed by atoms with Gasteiger partial charge in [0.25, 0.3) is 0 Å². The minimum atomic E-state index is -0.890. The van der Waals surface area contributed by atoms with E-state index in [0.717, 1.165) is 29.7 Å². The van der Waals surface area contributed by atoms with Gasteiger partial charge in [-0.15, -0.1) is 0 Å². The number of hydrogen-bond donors (Lipinski definition) is 1. The third kappa shape index (κ3) is 2.94. The largest absolute Gasteiger partial charge is 0.492 e. The fraction of sp³-hybridized carbons (Fsp3) is 0.333. The third-order valence-corrected chi connectivity index (χ3v) is 5.44. The number of fused-ring (bicyclic) bond motifs is 1. The molecule has 1 atom stereocenters. The highest BCUT2D eigenvalue weighted by Crippen LogP contribution is 2.36. The smallest absolute Gasteiger partial charge is 0.335 e. The van der Waals surface area contributed by atoms with E-state index in [1.807, 2.05) is 41.3 Å². The molecule has 4 rings (SSSR count). The highest BCUT2D eigenvalue weighted by atomic mass is 16.5. The molecule has 5 heteroatoms. The van der Waals surface area contributed by atoms with Crippen LogP contribution in [0.3, 0.4) is 0 Å². The molecule has 134 valence electrons. The van der Waals surface area contributed by atoms with Crippen molar-refractivity contribution in [1.82, 2.24) is 4.90 Å². The van der Waals surface area contributed by atoms with Gasteiger partial charge in [-0.1, -0.05) is 36.4 Å². The van der Waals surface area contributed by atoms with E-state index < -0.39 is 5.97 Å². The standard InChI is InChI=1S/C21H21NO4/c23-20(18-13-26-19-8-4-3-6-16(18)19)22-11-9-14(10-12-22)15-5-1-2-7-17(15)21(24)25/h1-8,14,18H,9-13H2,(H,24,25). The predicted molar refractivity (Wildman–Crippen MR) is 96.6 cm³/mol. The minimum absolute atomic E-state index is 0.111. The van der Waals surface area contributed by atoms with E-state index in [4.69, 9.17) is 4.74 Å². The van der Waals surface area contributed by atoms with Crippen LogP contribution >= 0.6 is 0 Å². The second kappa shape index (κ2) is 6.83. The highest BCUT2D eigenvalue weighted by Gasteiger charge is 2.35. The summed E-state index contributed by atoms with van der Waals surface area (Å²) in [6, 6.07) is 14.9. The van der Waals surface area contributed by atoms with Gasteiger partial charge in [-0.25, -0.2) is 4.79 Å². The zero-order valence-electron chi connectivity index (χ0n) is 14.4. The van der Waals surface area contributed by atoms with Gasteiger partial charge >= 0.3 is 5.97 Å². The number of carbonyl (C=O) groups excluding carboxylic acids is 1. The van der Waals surface area contributed by atoms with Crippen molar-refractivity contribution < 1.29 is 19.4 Å². The Hall–Kier alpha value is -2.82. The molecule has 2 aromatic rings. The maximum Gasteiger partial charge on any atom is 0.335 e. The minimum Gasteiger partial charge on any atom is -0.492 e. The van der Waals surface area contributed by atoms with Gasteiger partial charge in [-0.05, 0) is 36.5 Å². The molecule has 26 heavy (non-hydrogen) atoms. The summed E-state index contributed by atoms with van der Waals surface area (Å²) >= 11 is 0. The summed E-state index contributed by atoms with van der Waals surface area (Å²) in [4.78, 5) is 26.3. The van der Waals surface area contributed by atoms with Crippen LogP contribution in [0.1, 0.15) is 46.2 Å². The summed E-state index contributed by atoms with van der Waals surface area (Å²) < 4.78 is 5.64. The lowest BCUT2D eigenvalue weighted by Crippen LogP contribution is -2.41. The Bertz CT molecular complexity index is 839. The number of nitrogens with zero attached hydrogens (tertiary/aromatic N) is 1. The van der Waals surface area contributed by atoms with Gasteiger partial charge in [0.15, 0.2) is 0 Å². The van der Waals surface area contributed by atoms with Gasteiger partial charge in [-0.3, -0.25) is 4.79 Å². The first kappa shape index (κ1) is 16.6. The van der Waals surface area contributed by atoms with E-state index >= 15 is 0 Å². The van der Waals surface area contributed by atoms with E-state index in [1.54, 1.807) is 12.1 Å².